The Bertz CT molecular complexity index is 516. The molecular formula is C16H21F3N2O. The molecule has 0 aliphatic carbocycles. The molecule has 2 aliphatic heterocycles. The van der Waals surface area contributed by atoms with Crippen LogP contribution < -0.4 is 15.0 Å². The minimum atomic E-state index is -1.23. The van der Waals surface area contributed by atoms with Crippen LogP contribution in [-0.2, 0) is 6.42 Å². The number of hydrogen-bond donors (Lipinski definition) is 1. The first-order chi connectivity index (χ1) is 10.7. The number of alkyl halides is 2. The predicted octanol–water partition coefficient (Wildman–Crippen LogP) is 2.63. The first kappa shape index (κ1) is 15.5. The highest BCUT2D eigenvalue weighted by Gasteiger charge is 2.29. The van der Waals surface area contributed by atoms with Gasteiger partial charge in [-0.1, -0.05) is 0 Å². The topological polar surface area (TPSA) is 24.5 Å². The van der Waals surface area contributed by atoms with E-state index in [9.17, 15) is 13.2 Å². The van der Waals surface area contributed by atoms with Gasteiger partial charge in [0.05, 0.1) is 0 Å². The van der Waals surface area contributed by atoms with Crippen molar-refractivity contribution in [3.8, 4) is 5.75 Å². The second-order valence-electron chi connectivity index (χ2n) is 5.88. The van der Waals surface area contributed by atoms with Crippen molar-refractivity contribution >= 4 is 5.69 Å². The van der Waals surface area contributed by atoms with E-state index in [4.69, 9.17) is 4.74 Å². The molecule has 22 heavy (non-hydrogen) atoms. The van der Waals surface area contributed by atoms with E-state index in [-0.39, 0.29) is 5.75 Å². The lowest BCUT2D eigenvalue weighted by Gasteiger charge is -2.33. The van der Waals surface area contributed by atoms with Gasteiger partial charge in [-0.2, -0.15) is 0 Å². The van der Waals surface area contributed by atoms with Crippen LogP contribution in [0, 0.1) is 5.82 Å². The summed E-state index contributed by atoms with van der Waals surface area (Å²) < 4.78 is 44.4. The number of piperidine rings is 1. The molecule has 1 saturated heterocycles. The fourth-order valence-electron chi connectivity index (χ4n) is 3.29. The summed E-state index contributed by atoms with van der Waals surface area (Å²) in [6.45, 7) is 0.894. The van der Waals surface area contributed by atoms with E-state index in [0.717, 1.165) is 50.1 Å². The number of ether oxygens (including phenoxy) is 1. The first-order valence-electron chi connectivity index (χ1n) is 7.81. The largest absolute Gasteiger partial charge is 0.482 e. The van der Waals surface area contributed by atoms with Crippen LogP contribution in [0.15, 0.2) is 12.1 Å². The third-order valence-corrected chi connectivity index (χ3v) is 4.45. The van der Waals surface area contributed by atoms with Gasteiger partial charge in [0, 0.05) is 24.3 Å². The summed E-state index contributed by atoms with van der Waals surface area (Å²) in [7, 11) is 0. The fraction of sp³-hybridized carbons (Fsp3) is 0.625. The molecule has 1 fully saturated rings. The molecule has 0 radical (unpaired) electrons. The van der Waals surface area contributed by atoms with Crippen molar-refractivity contribution in [1.29, 1.82) is 0 Å². The zero-order valence-corrected chi connectivity index (χ0v) is 12.5. The van der Waals surface area contributed by atoms with E-state index < -0.39 is 25.3 Å². The van der Waals surface area contributed by atoms with E-state index in [0.29, 0.717) is 6.04 Å². The maximum absolute atomic E-state index is 14.2. The number of benzene rings is 1. The maximum Gasteiger partial charge on any atom is 0.167 e. The molecule has 3 rings (SSSR count). The Hall–Kier alpha value is -1.43. The lowest BCUT2D eigenvalue weighted by molar-refractivity contribution is 0.128. The van der Waals surface area contributed by atoms with Gasteiger partial charge < -0.3 is 15.0 Å². The predicted molar refractivity (Wildman–Crippen MR) is 79.7 cm³/mol. The van der Waals surface area contributed by atoms with Crippen LogP contribution in [0.25, 0.3) is 0 Å². The highest BCUT2D eigenvalue weighted by Crippen LogP contribution is 2.36. The smallest absolute Gasteiger partial charge is 0.167 e. The Balaban J connectivity index is 1.80. The van der Waals surface area contributed by atoms with Crippen molar-refractivity contribution in [3.63, 3.8) is 0 Å². The van der Waals surface area contributed by atoms with Gasteiger partial charge in [0.2, 0.25) is 0 Å². The number of nitrogens with zero attached hydrogens (tertiary/aromatic N) is 1. The number of halogens is 3. The van der Waals surface area contributed by atoms with Crippen LogP contribution in [-0.4, -0.2) is 45.1 Å². The van der Waals surface area contributed by atoms with Gasteiger partial charge in [0.25, 0.3) is 0 Å². The molecule has 0 amide bonds. The average molecular weight is 314 g/mol. The normalized spacial score (nSPS) is 18.8. The highest BCUT2D eigenvalue weighted by molar-refractivity contribution is 5.61. The molecule has 3 nitrogen and oxygen atoms in total. The van der Waals surface area contributed by atoms with E-state index in [1.165, 1.54) is 6.07 Å². The Morgan fingerprint density at radius 2 is 1.95 bits per heavy atom. The van der Waals surface area contributed by atoms with E-state index in [1.54, 1.807) is 6.07 Å². The quantitative estimate of drug-likeness (QED) is 0.904. The van der Waals surface area contributed by atoms with Crippen LogP contribution in [0.1, 0.15) is 18.4 Å². The van der Waals surface area contributed by atoms with Crippen molar-refractivity contribution in [2.24, 2.45) is 0 Å². The molecule has 0 saturated carbocycles. The fourth-order valence-corrected chi connectivity index (χ4v) is 3.29. The highest BCUT2D eigenvalue weighted by atomic mass is 19.1. The summed E-state index contributed by atoms with van der Waals surface area (Å²) in [4.78, 5) is 2.25. The Labute approximate surface area is 128 Å². The van der Waals surface area contributed by atoms with Gasteiger partial charge >= 0.3 is 0 Å². The number of nitrogens with one attached hydrogen (secondary N) is 1. The molecule has 0 unspecified atom stereocenters. The van der Waals surface area contributed by atoms with Crippen molar-refractivity contribution in [1.82, 2.24) is 5.32 Å². The lowest BCUT2D eigenvalue weighted by Crippen LogP contribution is -2.42. The van der Waals surface area contributed by atoms with Crippen LogP contribution in [0.3, 0.4) is 0 Å². The minimum Gasteiger partial charge on any atom is -0.482 e. The maximum atomic E-state index is 14.2. The van der Waals surface area contributed by atoms with Gasteiger partial charge in [-0.05, 0) is 44.0 Å². The number of rotatable bonds is 5. The Morgan fingerprint density at radius 1 is 1.23 bits per heavy atom. The van der Waals surface area contributed by atoms with Crippen molar-refractivity contribution in [2.45, 2.75) is 31.4 Å². The third kappa shape index (κ3) is 3.02. The minimum absolute atomic E-state index is 0.0498. The van der Waals surface area contributed by atoms with Gasteiger partial charge in [0.15, 0.2) is 17.7 Å². The van der Waals surface area contributed by atoms with E-state index in [2.05, 4.69) is 10.2 Å². The zero-order chi connectivity index (χ0) is 15.5. The first-order valence-corrected chi connectivity index (χ1v) is 7.81. The van der Waals surface area contributed by atoms with E-state index in [1.807, 2.05) is 0 Å². The monoisotopic (exact) mass is 314 g/mol. The van der Waals surface area contributed by atoms with Gasteiger partial charge in [-0.15, -0.1) is 0 Å². The summed E-state index contributed by atoms with van der Waals surface area (Å²) >= 11 is 0. The summed E-state index contributed by atoms with van der Waals surface area (Å²) in [6, 6.07) is 3.48. The van der Waals surface area contributed by atoms with Gasteiger partial charge in [0.1, 0.15) is 13.3 Å². The summed E-state index contributed by atoms with van der Waals surface area (Å²) in [5, 5.41) is 3.33. The molecule has 2 aliphatic rings. The van der Waals surface area contributed by atoms with Gasteiger partial charge in [-0.3, -0.25) is 0 Å². The molecular weight excluding hydrogens is 293 g/mol. The molecule has 0 aromatic heterocycles. The number of hydrogen-bond acceptors (Lipinski definition) is 3. The van der Waals surface area contributed by atoms with Crippen molar-refractivity contribution in [2.75, 3.05) is 37.9 Å². The lowest BCUT2D eigenvalue weighted by atomic mass is 10.0. The molecule has 6 heteroatoms. The Morgan fingerprint density at radius 3 is 2.64 bits per heavy atom. The van der Waals surface area contributed by atoms with Crippen molar-refractivity contribution in [3.05, 3.63) is 23.5 Å². The molecule has 0 spiro atoms. The van der Waals surface area contributed by atoms with Gasteiger partial charge in [-0.25, -0.2) is 13.2 Å². The average Bonchev–Trinajstić information content (AvgIpc) is 2.96. The van der Waals surface area contributed by atoms with E-state index >= 15 is 0 Å². The zero-order valence-electron chi connectivity index (χ0n) is 12.5. The van der Waals surface area contributed by atoms with Crippen LogP contribution in [0.2, 0.25) is 0 Å². The standard InChI is InChI=1S/C16H21F3N2O/c17-9-13(10-18)22-16-7-11-3-6-21(15(11)8-14(16)19)12-1-4-20-5-2-12/h7-8,12-13,20H,1-6,9-10H2. The Kier molecular flexibility index (Phi) is 4.76. The molecule has 1 N–H and O–H groups in total. The molecule has 2 heterocycles. The van der Waals surface area contributed by atoms with Crippen molar-refractivity contribution < 1.29 is 17.9 Å². The third-order valence-electron chi connectivity index (χ3n) is 4.45. The second-order valence-corrected chi connectivity index (χ2v) is 5.88. The molecule has 0 bridgehead atoms. The number of anilines is 1. The second kappa shape index (κ2) is 6.77. The number of fused-ring (bicyclic) bond motifs is 1. The SMILES string of the molecule is FCC(CF)Oc1cc2c(cc1F)N(C1CCNCC1)CC2. The molecule has 1 aromatic rings. The van der Waals surface area contributed by atoms with Crippen LogP contribution in [0.4, 0.5) is 18.9 Å². The molecule has 1 aromatic carbocycles. The molecule has 0 atom stereocenters. The molecule has 122 valence electrons. The van der Waals surface area contributed by atoms with Crippen LogP contribution in [0.5, 0.6) is 5.75 Å². The van der Waals surface area contributed by atoms with Crippen LogP contribution >= 0.6 is 0 Å². The summed E-state index contributed by atoms with van der Waals surface area (Å²) in [5.41, 5.74) is 1.89. The summed E-state index contributed by atoms with van der Waals surface area (Å²) in [6.07, 6.45) is 1.68. The summed E-state index contributed by atoms with van der Waals surface area (Å²) in [5.74, 6) is -0.599.